The van der Waals surface area contributed by atoms with Crippen LogP contribution in [0.15, 0.2) is 122 Å². The van der Waals surface area contributed by atoms with Gasteiger partial charge in [0.25, 0.3) is 0 Å². The second-order valence-corrected chi connectivity index (χ2v) is 22.4. The number of aliphatic hydroxyl groups is 2. The smallest absolute Gasteiger partial charge is 0.335 e. The maximum absolute atomic E-state index is 13.2. The first-order valence-corrected chi connectivity index (χ1v) is 33.5. The van der Waals surface area contributed by atoms with Crippen molar-refractivity contribution in [2.75, 3.05) is 13.2 Å². The van der Waals surface area contributed by atoms with Crippen LogP contribution in [0.1, 0.15) is 265 Å². The number of ether oxygens (including phenoxy) is 5. The molecule has 0 radical (unpaired) electrons. The quantitative estimate of drug-likeness (QED) is 0.0228. The number of unbranched alkanes of at least 4 members (excludes halogenated alkanes) is 22. The van der Waals surface area contributed by atoms with Crippen molar-refractivity contribution in [2.45, 2.75) is 302 Å². The molecule has 85 heavy (non-hydrogen) atoms. The van der Waals surface area contributed by atoms with Crippen molar-refractivity contribution >= 4 is 23.9 Å². The molecule has 0 aromatic heterocycles. The molecule has 0 bridgehead atoms. The fraction of sp³-hybridized carbons (Fsp3) is 0.671. The lowest BCUT2D eigenvalue weighted by Crippen LogP contribution is -2.61. The molecule has 0 aliphatic carbocycles. The lowest BCUT2D eigenvalue weighted by atomic mass is 9.98. The third-order valence-corrected chi connectivity index (χ3v) is 14.5. The van der Waals surface area contributed by atoms with Gasteiger partial charge in [-0.2, -0.15) is 0 Å². The first-order valence-electron chi connectivity index (χ1n) is 33.5. The minimum Gasteiger partial charge on any atom is -0.479 e. The van der Waals surface area contributed by atoms with Gasteiger partial charge in [0.2, 0.25) is 0 Å². The van der Waals surface area contributed by atoms with Gasteiger partial charge in [0.05, 0.1) is 6.61 Å². The Labute approximate surface area is 516 Å². The van der Waals surface area contributed by atoms with E-state index in [9.17, 15) is 34.5 Å². The fourth-order valence-electron chi connectivity index (χ4n) is 9.38. The summed E-state index contributed by atoms with van der Waals surface area (Å²) >= 11 is 0. The number of esters is 3. The number of aliphatic carboxylic acids is 1. The molecule has 1 fully saturated rings. The van der Waals surface area contributed by atoms with Gasteiger partial charge in [0.15, 0.2) is 24.6 Å². The molecule has 0 amide bonds. The van der Waals surface area contributed by atoms with Gasteiger partial charge < -0.3 is 39.0 Å². The normalized spacial score (nSPS) is 18.2. The Morgan fingerprint density at radius 2 is 0.753 bits per heavy atom. The van der Waals surface area contributed by atoms with Gasteiger partial charge in [0.1, 0.15) is 18.8 Å². The average Bonchev–Trinajstić information content (AvgIpc) is 3.53. The number of carboxylic acid groups (broad SMARTS) is 1. The lowest BCUT2D eigenvalue weighted by Gasteiger charge is -2.40. The van der Waals surface area contributed by atoms with Crippen molar-refractivity contribution in [2.24, 2.45) is 0 Å². The molecule has 12 nitrogen and oxygen atoms in total. The molecule has 1 aliphatic heterocycles. The summed E-state index contributed by atoms with van der Waals surface area (Å²) in [5, 5.41) is 31.6. The van der Waals surface area contributed by atoms with Crippen molar-refractivity contribution in [3.05, 3.63) is 122 Å². The highest BCUT2D eigenvalue weighted by molar-refractivity contribution is 5.74. The molecule has 1 heterocycles. The number of rotatable bonds is 56. The van der Waals surface area contributed by atoms with Crippen LogP contribution in [0.3, 0.4) is 0 Å². The lowest BCUT2D eigenvalue weighted by molar-refractivity contribution is -0.301. The van der Waals surface area contributed by atoms with E-state index in [-0.39, 0.29) is 25.9 Å². The van der Waals surface area contributed by atoms with Crippen molar-refractivity contribution in [1.82, 2.24) is 0 Å². The zero-order valence-electron chi connectivity index (χ0n) is 53.3. The van der Waals surface area contributed by atoms with Crippen LogP contribution in [-0.4, -0.2) is 89.2 Å². The third-order valence-electron chi connectivity index (χ3n) is 14.5. The molecule has 6 atom stereocenters. The fourth-order valence-corrected chi connectivity index (χ4v) is 9.38. The van der Waals surface area contributed by atoms with Gasteiger partial charge in [-0.1, -0.05) is 239 Å². The number of hydrogen-bond donors (Lipinski definition) is 3. The molecule has 0 aromatic carbocycles. The standard InChI is InChI=1S/C73H118O12/c1-4-7-10-13-16-19-22-25-28-31-33-36-38-41-44-47-50-53-56-59-65(74)81-62-64(83-66(75)60-57-54-51-48-45-42-39-35-30-27-24-21-18-15-12-9-6-3)63-82-73-71(69(78)68(77)70(85-73)72(79)80)84-67(76)61-58-55-52-49-46-43-40-37-34-32-29-26-23-20-17-14-11-8-5-2/h9,12,16-21,25-30,34,37,39,42,48,51,64,68-71,73,77-78H,4-8,10-11,13-15,22-24,31-33,35-36,38,40-41,43-47,49-50,52-63H2,1-3H3,(H,79,80)/b12-9-,19-16-,20-17-,21-18-,28-25-,29-26-,30-27-,37-34-,42-39-,51-48-. The molecule has 1 aliphatic rings. The van der Waals surface area contributed by atoms with E-state index >= 15 is 0 Å². The summed E-state index contributed by atoms with van der Waals surface area (Å²) in [6.07, 6.45) is 70.1. The Balaban J connectivity index is 2.70. The largest absolute Gasteiger partial charge is 0.479 e. The van der Waals surface area contributed by atoms with Gasteiger partial charge in [-0.25, -0.2) is 4.79 Å². The van der Waals surface area contributed by atoms with Gasteiger partial charge in [-0.15, -0.1) is 0 Å². The minimum atomic E-state index is -1.92. The summed E-state index contributed by atoms with van der Waals surface area (Å²) < 4.78 is 28.5. The topological polar surface area (TPSA) is 175 Å². The summed E-state index contributed by atoms with van der Waals surface area (Å²) in [5.74, 6) is -3.23. The molecule has 0 aromatic rings. The third kappa shape index (κ3) is 48.9. The highest BCUT2D eigenvalue weighted by Crippen LogP contribution is 2.26. The number of hydrogen-bond acceptors (Lipinski definition) is 11. The van der Waals surface area contributed by atoms with Crippen LogP contribution in [0, 0.1) is 0 Å². The number of carbonyl (C=O) groups is 4. The maximum atomic E-state index is 13.2. The van der Waals surface area contributed by atoms with Crippen LogP contribution in [0.2, 0.25) is 0 Å². The van der Waals surface area contributed by atoms with Crippen LogP contribution < -0.4 is 0 Å². The molecule has 1 rings (SSSR count). The van der Waals surface area contributed by atoms with E-state index in [2.05, 4.69) is 130 Å². The second kappa shape index (κ2) is 59.5. The molecule has 0 spiro atoms. The highest BCUT2D eigenvalue weighted by Gasteiger charge is 2.50. The number of carboxylic acids is 1. The second-order valence-electron chi connectivity index (χ2n) is 22.4. The Hall–Kier alpha value is -4.88. The monoisotopic (exact) mass is 1190 g/mol. The van der Waals surface area contributed by atoms with E-state index in [1.54, 1.807) is 0 Å². The van der Waals surface area contributed by atoms with Gasteiger partial charge in [-0.3, -0.25) is 14.4 Å². The van der Waals surface area contributed by atoms with Crippen LogP contribution in [0.25, 0.3) is 0 Å². The molecule has 1 saturated heterocycles. The molecule has 6 unspecified atom stereocenters. The van der Waals surface area contributed by atoms with E-state index in [1.807, 2.05) is 12.2 Å². The SMILES string of the molecule is CC/C=C\C/C=C\C/C=C\C/C=C\C/C=C\CCCC(=O)OC(COC(=O)CCCCCCCCCCC/C=C\C/C=C\CCCCC)COC1OC(C(=O)O)C(O)C(O)C1OC(=O)CCCCCCCC/C=C\C/C=C\C/C=C\CCCCC. The maximum Gasteiger partial charge on any atom is 0.335 e. The Bertz CT molecular complexity index is 1940. The summed E-state index contributed by atoms with van der Waals surface area (Å²) in [7, 11) is 0. The Morgan fingerprint density at radius 1 is 0.400 bits per heavy atom. The zero-order valence-corrected chi connectivity index (χ0v) is 53.3. The summed E-state index contributed by atoms with van der Waals surface area (Å²) in [4.78, 5) is 51.4. The van der Waals surface area contributed by atoms with Crippen molar-refractivity contribution in [3.63, 3.8) is 0 Å². The predicted molar refractivity (Wildman–Crippen MR) is 349 cm³/mol. The summed E-state index contributed by atoms with van der Waals surface area (Å²) in [5.41, 5.74) is 0. The van der Waals surface area contributed by atoms with Gasteiger partial charge in [-0.05, 0) is 128 Å². The number of allylic oxidation sites excluding steroid dienone is 20. The van der Waals surface area contributed by atoms with Crippen LogP contribution in [0.5, 0.6) is 0 Å². The molecule has 0 saturated carbocycles. The van der Waals surface area contributed by atoms with E-state index in [1.165, 1.54) is 77.0 Å². The number of aliphatic hydroxyl groups excluding tert-OH is 2. The van der Waals surface area contributed by atoms with Crippen molar-refractivity contribution in [3.8, 4) is 0 Å². The van der Waals surface area contributed by atoms with Gasteiger partial charge in [0, 0.05) is 19.3 Å². The van der Waals surface area contributed by atoms with E-state index in [4.69, 9.17) is 23.7 Å². The Kier molecular flexibility index (Phi) is 54.6. The first-order chi connectivity index (χ1) is 41.6. The molecular weight excluding hydrogens is 1070 g/mol. The zero-order chi connectivity index (χ0) is 61.7. The summed E-state index contributed by atoms with van der Waals surface area (Å²) in [6.45, 7) is 5.79. The van der Waals surface area contributed by atoms with Crippen LogP contribution in [0.4, 0.5) is 0 Å². The molecule has 3 N–H and O–H groups in total. The van der Waals surface area contributed by atoms with E-state index < -0.39 is 67.3 Å². The molecule has 482 valence electrons. The van der Waals surface area contributed by atoms with Crippen molar-refractivity contribution < 1.29 is 58.2 Å². The van der Waals surface area contributed by atoms with Crippen LogP contribution >= 0.6 is 0 Å². The average molecular weight is 1190 g/mol. The minimum absolute atomic E-state index is 0.0331. The number of carbonyl (C=O) groups excluding carboxylic acids is 3. The summed E-state index contributed by atoms with van der Waals surface area (Å²) in [6, 6.07) is 0. The van der Waals surface area contributed by atoms with Crippen LogP contribution in [-0.2, 0) is 42.9 Å². The predicted octanol–water partition coefficient (Wildman–Crippen LogP) is 18.3. The Morgan fingerprint density at radius 3 is 1.16 bits per heavy atom. The van der Waals surface area contributed by atoms with Gasteiger partial charge >= 0.3 is 23.9 Å². The van der Waals surface area contributed by atoms with E-state index in [0.29, 0.717) is 25.7 Å². The molecule has 12 heteroatoms. The van der Waals surface area contributed by atoms with Crippen molar-refractivity contribution in [1.29, 1.82) is 0 Å². The molecular formula is C73H118O12. The van der Waals surface area contributed by atoms with E-state index in [0.717, 1.165) is 122 Å². The first kappa shape index (κ1) is 78.1. The highest BCUT2D eigenvalue weighted by atomic mass is 16.7.